The van der Waals surface area contributed by atoms with Crippen LogP contribution in [-0.4, -0.2) is 22.5 Å². The average molecular weight is 340 g/mol. The fourth-order valence-electron chi connectivity index (χ4n) is 2.02. The predicted octanol–water partition coefficient (Wildman–Crippen LogP) is 3.69. The minimum absolute atomic E-state index is 0.258. The summed E-state index contributed by atoms with van der Waals surface area (Å²) in [6.45, 7) is 0.531. The number of nitrogens with one attached hydrogen (secondary N) is 2. The molecule has 0 atom stereocenters. The quantitative estimate of drug-likeness (QED) is 0.717. The van der Waals surface area contributed by atoms with E-state index in [2.05, 4.69) is 20.6 Å². The normalized spacial score (nSPS) is 10.2. The molecule has 0 spiro atoms. The predicted molar refractivity (Wildman–Crippen MR) is 93.6 cm³/mol. The van der Waals surface area contributed by atoms with Gasteiger partial charge < -0.3 is 15.4 Å². The molecule has 0 saturated heterocycles. The monoisotopic (exact) mass is 340 g/mol. The maximum Gasteiger partial charge on any atom is 0.319 e. The SMILES string of the molecule is O=C(NCCc1cscn1)Nc1cccc(Oc2ccncc2)c1. The van der Waals surface area contributed by atoms with Crippen LogP contribution in [0.1, 0.15) is 5.69 Å². The zero-order chi connectivity index (χ0) is 16.6. The zero-order valence-electron chi connectivity index (χ0n) is 12.8. The first-order chi connectivity index (χ1) is 11.8. The first-order valence-electron chi connectivity index (χ1n) is 7.39. The van der Waals surface area contributed by atoms with Crippen LogP contribution >= 0.6 is 11.3 Å². The molecule has 0 aliphatic rings. The van der Waals surface area contributed by atoms with E-state index < -0.39 is 0 Å². The van der Waals surface area contributed by atoms with E-state index in [0.717, 1.165) is 5.69 Å². The van der Waals surface area contributed by atoms with Gasteiger partial charge in [-0.15, -0.1) is 11.3 Å². The van der Waals surface area contributed by atoms with Gasteiger partial charge in [0.05, 0.1) is 11.2 Å². The van der Waals surface area contributed by atoms with Gasteiger partial charge in [-0.05, 0) is 24.3 Å². The van der Waals surface area contributed by atoms with E-state index in [-0.39, 0.29) is 6.03 Å². The van der Waals surface area contributed by atoms with Crippen molar-refractivity contribution < 1.29 is 9.53 Å². The zero-order valence-corrected chi connectivity index (χ0v) is 13.6. The molecule has 0 bridgehead atoms. The van der Waals surface area contributed by atoms with E-state index >= 15 is 0 Å². The van der Waals surface area contributed by atoms with Crippen LogP contribution in [0.15, 0.2) is 59.7 Å². The number of ether oxygens (including phenoxy) is 1. The van der Waals surface area contributed by atoms with Crippen LogP contribution in [0.25, 0.3) is 0 Å². The fourth-order valence-corrected chi connectivity index (χ4v) is 2.61. The van der Waals surface area contributed by atoms with Crippen molar-refractivity contribution >= 4 is 23.1 Å². The first kappa shape index (κ1) is 15.9. The summed E-state index contributed by atoms with van der Waals surface area (Å²) in [7, 11) is 0. The summed E-state index contributed by atoms with van der Waals surface area (Å²) in [6, 6.07) is 10.5. The minimum Gasteiger partial charge on any atom is -0.457 e. The van der Waals surface area contributed by atoms with Gasteiger partial charge in [0.2, 0.25) is 0 Å². The van der Waals surface area contributed by atoms with Crippen molar-refractivity contribution in [3.05, 3.63) is 65.4 Å². The number of anilines is 1. The molecule has 3 aromatic rings. The van der Waals surface area contributed by atoms with Crippen LogP contribution < -0.4 is 15.4 Å². The summed E-state index contributed by atoms with van der Waals surface area (Å²) in [5, 5.41) is 7.56. The minimum atomic E-state index is -0.258. The number of carbonyl (C=O) groups excluding carboxylic acids is 1. The van der Waals surface area contributed by atoms with Crippen molar-refractivity contribution in [3.63, 3.8) is 0 Å². The Hall–Kier alpha value is -2.93. The van der Waals surface area contributed by atoms with Crippen molar-refractivity contribution in [1.82, 2.24) is 15.3 Å². The Morgan fingerprint density at radius 2 is 2.04 bits per heavy atom. The number of nitrogens with zero attached hydrogens (tertiary/aromatic N) is 2. The van der Waals surface area contributed by atoms with Crippen LogP contribution in [0.3, 0.4) is 0 Å². The van der Waals surface area contributed by atoms with Crippen LogP contribution in [-0.2, 0) is 6.42 Å². The van der Waals surface area contributed by atoms with Gasteiger partial charge >= 0.3 is 6.03 Å². The lowest BCUT2D eigenvalue weighted by atomic mass is 10.3. The van der Waals surface area contributed by atoms with E-state index in [1.165, 1.54) is 0 Å². The molecule has 3 rings (SSSR count). The molecule has 24 heavy (non-hydrogen) atoms. The van der Waals surface area contributed by atoms with Gasteiger partial charge in [-0.2, -0.15) is 0 Å². The van der Waals surface area contributed by atoms with Crippen molar-refractivity contribution in [2.75, 3.05) is 11.9 Å². The van der Waals surface area contributed by atoms with Gasteiger partial charge in [-0.1, -0.05) is 6.07 Å². The van der Waals surface area contributed by atoms with Crippen molar-refractivity contribution in [2.45, 2.75) is 6.42 Å². The number of amides is 2. The Morgan fingerprint density at radius 1 is 1.17 bits per heavy atom. The summed E-state index contributed by atoms with van der Waals surface area (Å²) in [5.74, 6) is 1.33. The fraction of sp³-hybridized carbons (Fsp3) is 0.118. The summed E-state index contributed by atoms with van der Waals surface area (Å²) in [4.78, 5) is 20.0. The number of hydrogen-bond donors (Lipinski definition) is 2. The Kier molecular flexibility index (Phi) is 5.36. The van der Waals surface area contributed by atoms with Gasteiger partial charge in [0, 0.05) is 42.5 Å². The molecule has 122 valence electrons. The number of carbonyl (C=O) groups is 1. The van der Waals surface area contributed by atoms with E-state index in [1.54, 1.807) is 53.5 Å². The second-order valence-electron chi connectivity index (χ2n) is 4.92. The average Bonchev–Trinajstić information content (AvgIpc) is 3.09. The maximum absolute atomic E-state index is 11.9. The summed E-state index contributed by atoms with van der Waals surface area (Å²) in [6.07, 6.45) is 4.03. The lowest BCUT2D eigenvalue weighted by Crippen LogP contribution is -2.30. The highest BCUT2D eigenvalue weighted by Crippen LogP contribution is 2.23. The lowest BCUT2D eigenvalue weighted by molar-refractivity contribution is 0.252. The number of hydrogen-bond acceptors (Lipinski definition) is 5. The molecule has 1 aromatic carbocycles. The van der Waals surface area contributed by atoms with E-state index in [1.807, 2.05) is 17.5 Å². The van der Waals surface area contributed by atoms with Crippen LogP contribution in [0.2, 0.25) is 0 Å². The highest BCUT2D eigenvalue weighted by molar-refractivity contribution is 7.07. The topological polar surface area (TPSA) is 76.1 Å². The lowest BCUT2D eigenvalue weighted by Gasteiger charge is -2.09. The molecule has 2 aromatic heterocycles. The molecule has 0 radical (unpaired) electrons. The third-order valence-corrected chi connectivity index (χ3v) is 3.76. The molecule has 0 aliphatic carbocycles. The van der Waals surface area contributed by atoms with Crippen molar-refractivity contribution in [2.24, 2.45) is 0 Å². The highest BCUT2D eigenvalue weighted by atomic mass is 32.1. The Balaban J connectivity index is 1.51. The van der Waals surface area contributed by atoms with Crippen LogP contribution in [0.4, 0.5) is 10.5 Å². The molecule has 0 saturated carbocycles. The number of urea groups is 1. The van der Waals surface area contributed by atoms with Crippen LogP contribution in [0, 0.1) is 0 Å². The van der Waals surface area contributed by atoms with E-state index in [0.29, 0.717) is 30.2 Å². The van der Waals surface area contributed by atoms with Gasteiger partial charge in [0.1, 0.15) is 11.5 Å². The Morgan fingerprint density at radius 3 is 2.83 bits per heavy atom. The third kappa shape index (κ3) is 4.79. The largest absolute Gasteiger partial charge is 0.457 e. The smallest absolute Gasteiger partial charge is 0.319 e. The number of benzene rings is 1. The van der Waals surface area contributed by atoms with Gasteiger partial charge in [0.15, 0.2) is 0 Å². The molecule has 0 fully saturated rings. The Bertz CT molecular complexity index is 778. The molecule has 2 amide bonds. The molecule has 0 aliphatic heterocycles. The summed E-state index contributed by atoms with van der Waals surface area (Å²) in [5.41, 5.74) is 3.42. The van der Waals surface area contributed by atoms with Gasteiger partial charge in [-0.3, -0.25) is 4.98 Å². The molecule has 7 heteroatoms. The van der Waals surface area contributed by atoms with Crippen LogP contribution in [0.5, 0.6) is 11.5 Å². The molecular formula is C17H16N4O2S. The Labute approximate surface area is 143 Å². The van der Waals surface area contributed by atoms with E-state index in [9.17, 15) is 4.79 Å². The number of thiazole rings is 1. The van der Waals surface area contributed by atoms with Gasteiger partial charge in [-0.25, -0.2) is 9.78 Å². The van der Waals surface area contributed by atoms with Crippen molar-refractivity contribution in [1.29, 1.82) is 0 Å². The second kappa shape index (κ2) is 8.07. The summed E-state index contributed by atoms with van der Waals surface area (Å²) < 4.78 is 5.71. The molecular weight excluding hydrogens is 324 g/mol. The molecule has 2 N–H and O–H groups in total. The number of rotatable bonds is 6. The molecule has 2 heterocycles. The highest BCUT2D eigenvalue weighted by Gasteiger charge is 2.04. The van der Waals surface area contributed by atoms with Crippen molar-refractivity contribution in [3.8, 4) is 11.5 Å². The first-order valence-corrected chi connectivity index (χ1v) is 8.34. The summed E-state index contributed by atoms with van der Waals surface area (Å²) >= 11 is 1.55. The van der Waals surface area contributed by atoms with Gasteiger partial charge in [0.25, 0.3) is 0 Å². The maximum atomic E-state index is 11.9. The number of pyridine rings is 1. The second-order valence-corrected chi connectivity index (χ2v) is 5.64. The molecule has 6 nitrogen and oxygen atoms in total. The van der Waals surface area contributed by atoms with E-state index in [4.69, 9.17) is 4.74 Å². The standard InChI is InChI=1S/C17H16N4O2S/c22-17(19-9-4-14-11-24-12-20-14)21-13-2-1-3-16(10-13)23-15-5-7-18-8-6-15/h1-3,5-8,10-12H,4,9H2,(H2,19,21,22). The number of aromatic nitrogens is 2. The molecule has 0 unspecified atom stereocenters. The third-order valence-electron chi connectivity index (χ3n) is 3.13.